The smallest absolute Gasteiger partial charge is 0.337 e. The molecule has 2 rings (SSSR count). The van der Waals surface area contributed by atoms with Crippen LogP contribution in [0.4, 0.5) is 11.5 Å². The zero-order valence-electron chi connectivity index (χ0n) is 11.7. The van der Waals surface area contributed by atoms with Crippen LogP contribution in [0.2, 0.25) is 0 Å². The summed E-state index contributed by atoms with van der Waals surface area (Å²) in [6, 6.07) is 1.06. The van der Waals surface area contributed by atoms with E-state index in [0.717, 1.165) is 25.1 Å². The Balaban J connectivity index is 2.29. The molecule has 0 amide bonds. The molecule has 0 aliphatic carbocycles. The fourth-order valence-electron chi connectivity index (χ4n) is 2.57. The second-order valence-corrected chi connectivity index (χ2v) is 5.04. The minimum atomic E-state index is -1.23. The maximum atomic E-state index is 11.2. The highest BCUT2D eigenvalue weighted by Gasteiger charge is 2.27. The van der Waals surface area contributed by atoms with Crippen molar-refractivity contribution in [2.24, 2.45) is 5.92 Å². The van der Waals surface area contributed by atoms with Gasteiger partial charge in [-0.15, -0.1) is 0 Å². The predicted octanol–water partition coefficient (Wildman–Crippen LogP) is 1.55. The lowest BCUT2D eigenvalue weighted by atomic mass is 9.99. The van der Waals surface area contributed by atoms with Crippen molar-refractivity contribution < 1.29 is 19.6 Å². The highest BCUT2D eigenvalue weighted by atomic mass is 16.6. The van der Waals surface area contributed by atoms with Gasteiger partial charge in [0.1, 0.15) is 0 Å². The number of aromatic carboxylic acids is 1. The Morgan fingerprint density at radius 2 is 2.43 bits per heavy atom. The average molecular weight is 295 g/mol. The van der Waals surface area contributed by atoms with E-state index in [-0.39, 0.29) is 17.1 Å². The topological polar surface area (TPSA) is 106 Å². The van der Waals surface area contributed by atoms with Crippen molar-refractivity contribution in [2.75, 3.05) is 31.7 Å². The van der Waals surface area contributed by atoms with Crippen LogP contribution in [0.5, 0.6) is 0 Å². The Morgan fingerprint density at radius 1 is 1.67 bits per heavy atom. The van der Waals surface area contributed by atoms with E-state index in [4.69, 9.17) is 9.84 Å². The van der Waals surface area contributed by atoms with Gasteiger partial charge in [0, 0.05) is 32.5 Å². The second-order valence-electron chi connectivity index (χ2n) is 5.04. The third kappa shape index (κ3) is 3.46. The number of carbonyl (C=O) groups is 1. The van der Waals surface area contributed by atoms with Gasteiger partial charge in [-0.05, 0) is 18.8 Å². The SMILES string of the molecule is COCC1CCCN(c2ncc(C(=O)O)cc2[N+](=O)[O-])C1. The molecule has 1 aliphatic heterocycles. The van der Waals surface area contributed by atoms with E-state index < -0.39 is 10.9 Å². The lowest BCUT2D eigenvalue weighted by Crippen LogP contribution is -2.38. The van der Waals surface area contributed by atoms with Gasteiger partial charge >= 0.3 is 11.7 Å². The summed E-state index contributed by atoms with van der Waals surface area (Å²) in [6.45, 7) is 1.88. The molecule has 1 fully saturated rings. The standard InChI is InChI=1S/C13H17N3O5/c1-21-8-9-3-2-4-15(7-9)12-11(16(19)20)5-10(6-14-12)13(17)18/h5-6,9H,2-4,7-8H2,1H3,(H,17,18). The van der Waals surface area contributed by atoms with Crippen LogP contribution < -0.4 is 4.90 Å². The summed E-state index contributed by atoms with van der Waals surface area (Å²) in [5, 5.41) is 20.1. The fraction of sp³-hybridized carbons (Fsp3) is 0.538. The van der Waals surface area contributed by atoms with E-state index in [0.29, 0.717) is 25.6 Å². The second kappa shape index (κ2) is 6.49. The first-order valence-corrected chi connectivity index (χ1v) is 6.64. The van der Waals surface area contributed by atoms with E-state index in [1.54, 1.807) is 7.11 Å². The molecule has 1 N–H and O–H groups in total. The number of methoxy groups -OCH3 is 1. The van der Waals surface area contributed by atoms with E-state index in [9.17, 15) is 14.9 Å². The van der Waals surface area contributed by atoms with Crippen molar-refractivity contribution in [1.29, 1.82) is 0 Å². The molecule has 1 saturated heterocycles. The Bertz CT molecular complexity index is 547. The lowest BCUT2D eigenvalue weighted by Gasteiger charge is -2.32. The Morgan fingerprint density at radius 3 is 3.05 bits per heavy atom. The number of nitro groups is 1. The number of carboxylic acids is 1. The summed E-state index contributed by atoms with van der Waals surface area (Å²) >= 11 is 0. The molecule has 0 radical (unpaired) electrons. The van der Waals surface area contributed by atoms with Crippen LogP contribution in [0, 0.1) is 16.0 Å². The van der Waals surface area contributed by atoms with Crippen molar-refractivity contribution in [3.63, 3.8) is 0 Å². The van der Waals surface area contributed by atoms with E-state index in [2.05, 4.69) is 4.98 Å². The van der Waals surface area contributed by atoms with Gasteiger partial charge in [0.25, 0.3) is 0 Å². The number of hydrogen-bond acceptors (Lipinski definition) is 6. The van der Waals surface area contributed by atoms with Crippen LogP contribution in [0.15, 0.2) is 12.3 Å². The molecule has 1 aliphatic rings. The average Bonchev–Trinajstić information content (AvgIpc) is 2.47. The zero-order chi connectivity index (χ0) is 15.4. The molecule has 0 spiro atoms. The zero-order valence-corrected chi connectivity index (χ0v) is 11.7. The lowest BCUT2D eigenvalue weighted by molar-refractivity contribution is -0.384. The van der Waals surface area contributed by atoms with Crippen molar-refractivity contribution >= 4 is 17.5 Å². The Labute approximate surface area is 121 Å². The minimum Gasteiger partial charge on any atom is -0.478 e. The van der Waals surface area contributed by atoms with Crippen molar-refractivity contribution in [3.05, 3.63) is 27.9 Å². The van der Waals surface area contributed by atoms with Gasteiger partial charge < -0.3 is 14.7 Å². The summed E-state index contributed by atoms with van der Waals surface area (Å²) in [6.07, 6.45) is 3.06. The van der Waals surface area contributed by atoms with Gasteiger partial charge in [-0.1, -0.05) is 0 Å². The predicted molar refractivity (Wildman–Crippen MR) is 74.7 cm³/mol. The molecule has 114 valence electrons. The molecule has 2 heterocycles. The number of nitrogens with zero attached hydrogens (tertiary/aromatic N) is 3. The number of hydrogen-bond donors (Lipinski definition) is 1. The van der Waals surface area contributed by atoms with Gasteiger partial charge in [-0.25, -0.2) is 9.78 Å². The Kier molecular flexibility index (Phi) is 4.69. The molecule has 1 unspecified atom stereocenters. The third-order valence-corrected chi connectivity index (χ3v) is 3.51. The number of pyridine rings is 1. The van der Waals surface area contributed by atoms with Crippen LogP contribution in [0.3, 0.4) is 0 Å². The third-order valence-electron chi connectivity index (χ3n) is 3.51. The number of rotatable bonds is 5. The summed E-state index contributed by atoms with van der Waals surface area (Å²) in [5.41, 5.74) is -0.455. The van der Waals surface area contributed by atoms with Gasteiger partial charge in [0.05, 0.1) is 17.1 Å². The monoisotopic (exact) mass is 295 g/mol. The van der Waals surface area contributed by atoms with Crippen LogP contribution in [-0.4, -0.2) is 47.8 Å². The maximum absolute atomic E-state index is 11.2. The van der Waals surface area contributed by atoms with Gasteiger partial charge in [0.2, 0.25) is 5.82 Å². The first-order chi connectivity index (χ1) is 10.0. The number of aromatic nitrogens is 1. The summed E-state index contributed by atoms with van der Waals surface area (Å²) < 4.78 is 5.14. The van der Waals surface area contributed by atoms with E-state index in [1.165, 1.54) is 0 Å². The summed E-state index contributed by atoms with van der Waals surface area (Å²) in [5.74, 6) is -0.705. The molecular formula is C13H17N3O5. The molecule has 21 heavy (non-hydrogen) atoms. The first kappa shape index (κ1) is 15.2. The summed E-state index contributed by atoms with van der Waals surface area (Å²) in [7, 11) is 1.63. The first-order valence-electron chi connectivity index (χ1n) is 6.64. The van der Waals surface area contributed by atoms with Crippen LogP contribution in [0.1, 0.15) is 23.2 Å². The molecule has 1 aromatic rings. The quantitative estimate of drug-likeness (QED) is 0.648. The molecule has 1 aromatic heterocycles. The summed E-state index contributed by atoms with van der Waals surface area (Å²) in [4.78, 5) is 27.3. The van der Waals surface area contributed by atoms with Gasteiger partial charge in [0.15, 0.2) is 0 Å². The maximum Gasteiger partial charge on any atom is 0.337 e. The van der Waals surface area contributed by atoms with Crippen molar-refractivity contribution in [1.82, 2.24) is 4.98 Å². The largest absolute Gasteiger partial charge is 0.478 e. The van der Waals surface area contributed by atoms with Crippen LogP contribution in [-0.2, 0) is 4.74 Å². The molecule has 1 atom stereocenters. The molecular weight excluding hydrogens is 278 g/mol. The normalized spacial score (nSPS) is 18.5. The van der Waals surface area contributed by atoms with Crippen molar-refractivity contribution in [2.45, 2.75) is 12.8 Å². The van der Waals surface area contributed by atoms with E-state index >= 15 is 0 Å². The number of ether oxygens (including phenoxy) is 1. The van der Waals surface area contributed by atoms with Gasteiger partial charge in [-0.2, -0.15) is 0 Å². The minimum absolute atomic E-state index is 0.184. The van der Waals surface area contributed by atoms with Crippen LogP contribution in [0.25, 0.3) is 0 Å². The highest BCUT2D eigenvalue weighted by Crippen LogP contribution is 2.30. The molecule has 0 bridgehead atoms. The highest BCUT2D eigenvalue weighted by molar-refractivity contribution is 5.88. The molecule has 8 heteroatoms. The van der Waals surface area contributed by atoms with Gasteiger partial charge in [-0.3, -0.25) is 10.1 Å². The van der Waals surface area contributed by atoms with Crippen LogP contribution >= 0.6 is 0 Å². The fourth-order valence-corrected chi connectivity index (χ4v) is 2.57. The number of piperidine rings is 1. The van der Waals surface area contributed by atoms with Crippen molar-refractivity contribution in [3.8, 4) is 0 Å². The number of carboxylic acid groups (broad SMARTS) is 1. The van der Waals surface area contributed by atoms with E-state index in [1.807, 2.05) is 4.90 Å². The Hall–Kier alpha value is -2.22. The number of anilines is 1. The molecule has 0 aromatic carbocycles. The molecule has 8 nitrogen and oxygen atoms in total. The molecule has 0 saturated carbocycles.